The highest BCUT2D eigenvalue weighted by atomic mass is 79.9. The van der Waals surface area contributed by atoms with Crippen LogP contribution in [0, 0.1) is 11.3 Å². The minimum atomic E-state index is -1.03. The molecule has 0 fully saturated rings. The predicted molar refractivity (Wildman–Crippen MR) is 62.2 cm³/mol. The third-order valence-electron chi connectivity index (χ3n) is 2.34. The summed E-state index contributed by atoms with van der Waals surface area (Å²) in [7, 11) is 0. The molecule has 1 heterocycles. The molecule has 0 amide bonds. The Kier molecular flexibility index (Phi) is 2.67. The van der Waals surface area contributed by atoms with E-state index in [4.69, 9.17) is 10.4 Å². The molecule has 0 aliphatic heterocycles. The van der Waals surface area contributed by atoms with Crippen molar-refractivity contribution in [2.75, 3.05) is 0 Å². The highest BCUT2D eigenvalue weighted by Gasteiger charge is 2.15. The first-order valence-electron chi connectivity index (χ1n) is 4.53. The van der Waals surface area contributed by atoms with E-state index in [2.05, 4.69) is 15.9 Å². The van der Waals surface area contributed by atoms with E-state index in [0.717, 1.165) is 15.4 Å². The van der Waals surface area contributed by atoms with E-state index in [1.54, 1.807) is 12.1 Å². The lowest BCUT2D eigenvalue weighted by atomic mass is 10.2. The molecule has 5 heteroatoms. The smallest absolute Gasteiger partial charge is 0.352 e. The first-order chi connectivity index (χ1) is 7.65. The number of nitriles is 1. The van der Waals surface area contributed by atoms with E-state index in [1.165, 1.54) is 4.57 Å². The summed E-state index contributed by atoms with van der Waals surface area (Å²) in [5.74, 6) is -1.03. The molecule has 2 aromatic rings. The second kappa shape index (κ2) is 3.99. The Morgan fingerprint density at radius 2 is 2.31 bits per heavy atom. The van der Waals surface area contributed by atoms with Crippen molar-refractivity contribution >= 4 is 32.8 Å². The molecule has 0 saturated carbocycles. The van der Waals surface area contributed by atoms with Crippen LogP contribution in [0.2, 0.25) is 0 Å². The number of aromatic nitrogens is 1. The van der Waals surface area contributed by atoms with Crippen LogP contribution in [0.25, 0.3) is 10.9 Å². The summed E-state index contributed by atoms with van der Waals surface area (Å²) in [4.78, 5) is 11.0. The average molecular weight is 279 g/mol. The Morgan fingerprint density at radius 1 is 1.56 bits per heavy atom. The van der Waals surface area contributed by atoms with Crippen LogP contribution in [0.3, 0.4) is 0 Å². The van der Waals surface area contributed by atoms with Gasteiger partial charge in [-0.05, 0) is 18.2 Å². The fraction of sp³-hybridized carbons (Fsp3) is 0.0909. The molecule has 4 nitrogen and oxygen atoms in total. The molecule has 1 aromatic heterocycles. The van der Waals surface area contributed by atoms with E-state index in [1.807, 2.05) is 18.2 Å². The molecule has 0 spiro atoms. The minimum absolute atomic E-state index is 0.0294. The molecule has 80 valence electrons. The van der Waals surface area contributed by atoms with Crippen molar-refractivity contribution in [3.63, 3.8) is 0 Å². The van der Waals surface area contributed by atoms with Crippen molar-refractivity contribution in [2.24, 2.45) is 0 Å². The lowest BCUT2D eigenvalue weighted by molar-refractivity contribution is 0.0686. The van der Waals surface area contributed by atoms with E-state index < -0.39 is 5.97 Å². The summed E-state index contributed by atoms with van der Waals surface area (Å²) in [6, 6.07) is 8.97. The van der Waals surface area contributed by atoms with Crippen LogP contribution in [0.15, 0.2) is 28.7 Å². The van der Waals surface area contributed by atoms with Crippen LogP contribution in [0.4, 0.5) is 0 Å². The number of aromatic carboxylic acids is 1. The zero-order valence-electron chi connectivity index (χ0n) is 8.14. The SMILES string of the molecule is N#CCn1c(C(=O)O)cc2c(Br)cccc21. The first-order valence-corrected chi connectivity index (χ1v) is 5.32. The van der Waals surface area contributed by atoms with Gasteiger partial charge in [-0.2, -0.15) is 5.26 Å². The highest BCUT2D eigenvalue weighted by molar-refractivity contribution is 9.10. The Morgan fingerprint density at radius 3 is 2.94 bits per heavy atom. The van der Waals surface area contributed by atoms with Gasteiger partial charge in [0.15, 0.2) is 0 Å². The molecule has 1 N–H and O–H groups in total. The summed E-state index contributed by atoms with van der Waals surface area (Å²) in [5.41, 5.74) is 0.872. The monoisotopic (exact) mass is 278 g/mol. The minimum Gasteiger partial charge on any atom is -0.477 e. The lowest BCUT2D eigenvalue weighted by Gasteiger charge is -2.02. The molecule has 0 saturated heterocycles. The molecule has 1 aromatic carbocycles. The van der Waals surface area contributed by atoms with Crippen molar-refractivity contribution < 1.29 is 9.90 Å². The van der Waals surface area contributed by atoms with Gasteiger partial charge < -0.3 is 9.67 Å². The first kappa shape index (κ1) is 10.7. The van der Waals surface area contributed by atoms with E-state index in [9.17, 15) is 4.79 Å². The summed E-state index contributed by atoms with van der Waals surface area (Å²) >= 11 is 3.36. The topological polar surface area (TPSA) is 66.0 Å². The molecular formula is C11H7BrN2O2. The van der Waals surface area contributed by atoms with Crippen LogP contribution in [-0.4, -0.2) is 15.6 Å². The van der Waals surface area contributed by atoms with Gasteiger partial charge >= 0.3 is 5.97 Å². The number of benzene rings is 1. The molecule has 2 rings (SSSR count). The van der Waals surface area contributed by atoms with Crippen LogP contribution in [0.1, 0.15) is 10.5 Å². The third-order valence-corrected chi connectivity index (χ3v) is 3.03. The molecule has 0 atom stereocenters. The van der Waals surface area contributed by atoms with E-state index in [-0.39, 0.29) is 12.2 Å². The fourth-order valence-corrected chi connectivity index (χ4v) is 2.14. The number of carboxylic acid groups (broad SMARTS) is 1. The van der Waals surface area contributed by atoms with Crippen LogP contribution in [-0.2, 0) is 6.54 Å². The van der Waals surface area contributed by atoms with Gasteiger partial charge in [-0.15, -0.1) is 0 Å². The van der Waals surface area contributed by atoms with E-state index in [0.29, 0.717) is 0 Å². The van der Waals surface area contributed by atoms with Gasteiger partial charge in [0, 0.05) is 9.86 Å². The number of hydrogen-bond donors (Lipinski definition) is 1. The summed E-state index contributed by atoms with van der Waals surface area (Å²) in [5, 5.41) is 18.5. The molecule has 0 bridgehead atoms. The van der Waals surface area contributed by atoms with E-state index >= 15 is 0 Å². The summed E-state index contributed by atoms with van der Waals surface area (Å²) < 4.78 is 2.31. The van der Waals surface area contributed by atoms with Gasteiger partial charge in [-0.25, -0.2) is 4.79 Å². The van der Waals surface area contributed by atoms with Gasteiger partial charge in [0.05, 0.1) is 11.6 Å². The van der Waals surface area contributed by atoms with Gasteiger partial charge in [0.2, 0.25) is 0 Å². The van der Waals surface area contributed by atoms with Crippen LogP contribution in [0.5, 0.6) is 0 Å². The third kappa shape index (κ3) is 1.57. The van der Waals surface area contributed by atoms with Gasteiger partial charge in [-0.1, -0.05) is 22.0 Å². The molecule has 0 radical (unpaired) electrons. The second-order valence-corrected chi connectivity index (χ2v) is 4.11. The molecule has 0 aliphatic carbocycles. The maximum absolute atomic E-state index is 11.0. The quantitative estimate of drug-likeness (QED) is 0.918. The number of hydrogen-bond acceptors (Lipinski definition) is 2. The number of rotatable bonds is 2. The zero-order chi connectivity index (χ0) is 11.7. The average Bonchev–Trinajstić information content (AvgIpc) is 2.60. The predicted octanol–water partition coefficient (Wildman–Crippen LogP) is 2.63. The number of carbonyl (C=O) groups is 1. The largest absolute Gasteiger partial charge is 0.477 e. The summed E-state index contributed by atoms with van der Waals surface area (Å²) in [6.07, 6.45) is 0. The maximum Gasteiger partial charge on any atom is 0.352 e. The van der Waals surface area contributed by atoms with Crippen LogP contribution >= 0.6 is 15.9 Å². The van der Waals surface area contributed by atoms with Crippen LogP contribution < -0.4 is 0 Å². The van der Waals surface area contributed by atoms with Crippen molar-refractivity contribution in [1.82, 2.24) is 4.57 Å². The number of nitrogens with zero attached hydrogens (tertiary/aromatic N) is 2. The van der Waals surface area contributed by atoms with Gasteiger partial charge in [0.1, 0.15) is 12.2 Å². The number of fused-ring (bicyclic) bond motifs is 1. The molecule has 0 aliphatic rings. The van der Waals surface area contributed by atoms with Crippen molar-refractivity contribution in [1.29, 1.82) is 5.26 Å². The molecule has 16 heavy (non-hydrogen) atoms. The normalized spacial score (nSPS) is 10.2. The fourth-order valence-electron chi connectivity index (χ4n) is 1.67. The van der Waals surface area contributed by atoms with Crippen molar-refractivity contribution in [2.45, 2.75) is 6.54 Å². The van der Waals surface area contributed by atoms with Gasteiger partial charge in [0.25, 0.3) is 0 Å². The molecule has 0 unspecified atom stereocenters. The van der Waals surface area contributed by atoms with Crippen molar-refractivity contribution in [3.05, 3.63) is 34.4 Å². The molecular weight excluding hydrogens is 272 g/mol. The highest BCUT2D eigenvalue weighted by Crippen LogP contribution is 2.27. The summed E-state index contributed by atoms with van der Waals surface area (Å²) in [6.45, 7) is 0.0294. The number of carboxylic acids is 1. The van der Waals surface area contributed by atoms with Crippen molar-refractivity contribution in [3.8, 4) is 6.07 Å². The van der Waals surface area contributed by atoms with Gasteiger partial charge in [-0.3, -0.25) is 0 Å². The second-order valence-electron chi connectivity index (χ2n) is 3.25. The Hall–Kier alpha value is -1.80. The Labute approximate surface area is 99.8 Å². The Balaban J connectivity index is 2.82. The maximum atomic E-state index is 11.0. The standard InChI is InChI=1S/C11H7BrN2O2/c12-8-2-1-3-9-7(8)6-10(11(15)16)14(9)5-4-13/h1-3,6H,5H2,(H,15,16). The zero-order valence-corrected chi connectivity index (χ0v) is 9.73. The lowest BCUT2D eigenvalue weighted by Crippen LogP contribution is -2.07. The Bertz CT molecular complexity index is 610. The number of halogens is 1.